The molecule has 4 rings (SSSR count). The van der Waals surface area contributed by atoms with Crippen LogP contribution in [0.15, 0.2) is 24.3 Å². The SMILES string of the molecule is CC(C)(C)OC(=O)N1CCc2cc(C3CC3)c(OCc3ccc(Cl)cc3F)nc2C1. The molecular weight excluding hydrogens is 407 g/mol. The normalized spacial score (nSPS) is 16.2. The summed E-state index contributed by atoms with van der Waals surface area (Å²) in [7, 11) is 0. The van der Waals surface area contributed by atoms with Gasteiger partial charge in [0, 0.05) is 22.7 Å². The van der Waals surface area contributed by atoms with Crippen LogP contribution in [0.4, 0.5) is 9.18 Å². The Kier molecular flexibility index (Phi) is 5.62. The zero-order chi connectivity index (χ0) is 21.5. The van der Waals surface area contributed by atoms with E-state index in [9.17, 15) is 9.18 Å². The summed E-state index contributed by atoms with van der Waals surface area (Å²) in [6.45, 7) is 6.61. The molecule has 0 radical (unpaired) electrons. The molecule has 1 saturated carbocycles. The molecule has 2 heterocycles. The number of halogens is 2. The smallest absolute Gasteiger partial charge is 0.410 e. The van der Waals surface area contributed by atoms with Crippen molar-refractivity contribution in [1.82, 2.24) is 9.88 Å². The van der Waals surface area contributed by atoms with Crippen LogP contribution in [0.2, 0.25) is 5.02 Å². The van der Waals surface area contributed by atoms with E-state index in [1.807, 2.05) is 20.8 Å². The number of benzene rings is 1. The van der Waals surface area contributed by atoms with Crippen molar-refractivity contribution in [3.63, 3.8) is 0 Å². The first-order valence-electron chi connectivity index (χ1n) is 10.3. The maximum Gasteiger partial charge on any atom is 0.410 e. The van der Waals surface area contributed by atoms with Crippen molar-refractivity contribution in [1.29, 1.82) is 0 Å². The van der Waals surface area contributed by atoms with Crippen molar-refractivity contribution < 1.29 is 18.7 Å². The van der Waals surface area contributed by atoms with Crippen LogP contribution in [0.1, 0.15) is 61.9 Å². The van der Waals surface area contributed by atoms with E-state index in [0.29, 0.717) is 35.5 Å². The summed E-state index contributed by atoms with van der Waals surface area (Å²) in [6, 6.07) is 6.70. The van der Waals surface area contributed by atoms with Gasteiger partial charge in [-0.1, -0.05) is 17.7 Å². The van der Waals surface area contributed by atoms with Gasteiger partial charge in [-0.15, -0.1) is 0 Å². The van der Waals surface area contributed by atoms with E-state index in [0.717, 1.165) is 36.1 Å². The number of nitrogens with zero attached hydrogens (tertiary/aromatic N) is 2. The third-order valence-corrected chi connectivity index (χ3v) is 5.46. The van der Waals surface area contributed by atoms with Gasteiger partial charge in [0.15, 0.2) is 0 Å². The Labute approximate surface area is 181 Å². The summed E-state index contributed by atoms with van der Waals surface area (Å²) in [5, 5.41) is 0.351. The molecule has 1 amide bonds. The summed E-state index contributed by atoms with van der Waals surface area (Å²) < 4.78 is 25.6. The van der Waals surface area contributed by atoms with E-state index < -0.39 is 11.4 Å². The number of ether oxygens (including phenoxy) is 2. The molecule has 2 aliphatic rings. The zero-order valence-electron chi connectivity index (χ0n) is 17.5. The van der Waals surface area contributed by atoms with Crippen LogP contribution in [0.25, 0.3) is 0 Å². The predicted octanol–water partition coefficient (Wildman–Crippen LogP) is 5.62. The van der Waals surface area contributed by atoms with Crippen LogP contribution in [0, 0.1) is 5.82 Å². The Bertz CT molecular complexity index is 970. The fourth-order valence-corrected chi connectivity index (χ4v) is 3.69. The van der Waals surface area contributed by atoms with Gasteiger partial charge in [0.2, 0.25) is 5.88 Å². The average molecular weight is 433 g/mol. The van der Waals surface area contributed by atoms with Crippen molar-refractivity contribution in [2.24, 2.45) is 0 Å². The second-order valence-electron chi connectivity index (χ2n) is 8.94. The van der Waals surface area contributed by atoms with Crippen molar-refractivity contribution in [2.45, 2.75) is 64.7 Å². The van der Waals surface area contributed by atoms with Crippen molar-refractivity contribution in [3.8, 4) is 5.88 Å². The molecule has 1 fully saturated rings. The molecule has 160 valence electrons. The fourth-order valence-electron chi connectivity index (χ4n) is 3.53. The molecule has 1 aromatic heterocycles. The highest BCUT2D eigenvalue weighted by Crippen LogP contribution is 2.45. The number of rotatable bonds is 4. The van der Waals surface area contributed by atoms with Gasteiger partial charge in [0.25, 0.3) is 0 Å². The summed E-state index contributed by atoms with van der Waals surface area (Å²) in [5.74, 6) is 0.568. The molecule has 0 atom stereocenters. The highest BCUT2D eigenvalue weighted by molar-refractivity contribution is 6.30. The number of fused-ring (bicyclic) bond motifs is 1. The second-order valence-corrected chi connectivity index (χ2v) is 9.38. The lowest BCUT2D eigenvalue weighted by Crippen LogP contribution is -2.40. The van der Waals surface area contributed by atoms with Crippen LogP contribution >= 0.6 is 11.6 Å². The van der Waals surface area contributed by atoms with Crippen LogP contribution < -0.4 is 4.74 Å². The van der Waals surface area contributed by atoms with E-state index in [1.54, 1.807) is 17.0 Å². The third kappa shape index (κ3) is 4.86. The Morgan fingerprint density at radius 2 is 2.07 bits per heavy atom. The standard InChI is InChI=1S/C23H26ClFN2O3/c1-23(2,3)30-22(28)27-9-8-15-10-18(14-4-5-14)21(26-20(15)12-27)29-13-16-6-7-17(24)11-19(16)25/h6-7,10-11,14H,4-5,8-9,12-13H2,1-3H3. The first-order valence-corrected chi connectivity index (χ1v) is 10.6. The molecule has 1 aromatic carbocycles. The molecule has 30 heavy (non-hydrogen) atoms. The first-order chi connectivity index (χ1) is 14.2. The van der Waals surface area contributed by atoms with Gasteiger partial charge >= 0.3 is 6.09 Å². The van der Waals surface area contributed by atoms with Gasteiger partial charge in [-0.2, -0.15) is 0 Å². The summed E-state index contributed by atoms with van der Waals surface area (Å²) in [5.41, 5.74) is 2.91. The van der Waals surface area contributed by atoms with Gasteiger partial charge in [0.1, 0.15) is 18.0 Å². The number of pyridine rings is 1. The quantitative estimate of drug-likeness (QED) is 0.628. The third-order valence-electron chi connectivity index (χ3n) is 5.22. The van der Waals surface area contributed by atoms with Gasteiger partial charge < -0.3 is 14.4 Å². The molecule has 2 aromatic rings. The summed E-state index contributed by atoms with van der Waals surface area (Å²) >= 11 is 5.83. The van der Waals surface area contributed by atoms with Crippen molar-refractivity contribution >= 4 is 17.7 Å². The molecule has 0 spiro atoms. The molecule has 0 saturated heterocycles. The van der Waals surface area contributed by atoms with Crippen LogP contribution in [-0.2, 0) is 24.3 Å². The summed E-state index contributed by atoms with van der Waals surface area (Å²) in [4.78, 5) is 18.9. The molecule has 5 nitrogen and oxygen atoms in total. The van der Waals surface area contributed by atoms with E-state index in [-0.39, 0.29) is 12.7 Å². The van der Waals surface area contributed by atoms with E-state index in [4.69, 9.17) is 26.1 Å². The minimum atomic E-state index is -0.544. The minimum absolute atomic E-state index is 0.0737. The molecule has 1 aliphatic heterocycles. The van der Waals surface area contributed by atoms with Gasteiger partial charge in [-0.25, -0.2) is 14.2 Å². The van der Waals surface area contributed by atoms with Crippen molar-refractivity contribution in [2.75, 3.05) is 6.54 Å². The lowest BCUT2D eigenvalue weighted by molar-refractivity contribution is 0.0220. The molecule has 7 heteroatoms. The largest absolute Gasteiger partial charge is 0.472 e. The topological polar surface area (TPSA) is 51.7 Å². The van der Waals surface area contributed by atoms with Crippen LogP contribution in [-0.4, -0.2) is 28.1 Å². The molecule has 0 bridgehead atoms. The predicted molar refractivity (Wildman–Crippen MR) is 112 cm³/mol. The van der Waals surface area contributed by atoms with Gasteiger partial charge in [-0.05, 0) is 69.7 Å². The maximum absolute atomic E-state index is 14.1. The average Bonchev–Trinajstić information content (AvgIpc) is 3.50. The fraction of sp³-hybridized carbons (Fsp3) is 0.478. The number of carbonyl (C=O) groups is 1. The maximum atomic E-state index is 14.1. The Hall–Kier alpha value is -2.34. The van der Waals surface area contributed by atoms with Crippen LogP contribution in [0.5, 0.6) is 5.88 Å². The van der Waals surface area contributed by atoms with Gasteiger partial charge in [-0.3, -0.25) is 0 Å². The monoisotopic (exact) mass is 432 g/mol. The highest BCUT2D eigenvalue weighted by atomic mass is 35.5. The zero-order valence-corrected chi connectivity index (χ0v) is 18.3. The Balaban J connectivity index is 1.54. The Morgan fingerprint density at radius 3 is 2.73 bits per heavy atom. The highest BCUT2D eigenvalue weighted by Gasteiger charge is 2.32. The lowest BCUT2D eigenvalue weighted by atomic mass is 10.0. The van der Waals surface area contributed by atoms with Crippen LogP contribution in [0.3, 0.4) is 0 Å². The lowest BCUT2D eigenvalue weighted by Gasteiger charge is -2.31. The second kappa shape index (κ2) is 8.06. The molecular formula is C23H26ClFN2O3. The minimum Gasteiger partial charge on any atom is -0.472 e. The number of aromatic nitrogens is 1. The first kappa shape index (κ1) is 20.9. The summed E-state index contributed by atoms with van der Waals surface area (Å²) in [6.07, 6.45) is 2.60. The van der Waals surface area contributed by atoms with Crippen molar-refractivity contribution in [3.05, 3.63) is 57.5 Å². The number of hydrogen-bond donors (Lipinski definition) is 0. The Morgan fingerprint density at radius 1 is 1.30 bits per heavy atom. The number of amides is 1. The van der Waals surface area contributed by atoms with E-state index >= 15 is 0 Å². The molecule has 0 unspecified atom stereocenters. The number of carbonyl (C=O) groups excluding carboxylic acids is 1. The molecule has 0 N–H and O–H groups in total. The van der Waals surface area contributed by atoms with E-state index in [1.165, 1.54) is 6.07 Å². The molecule has 1 aliphatic carbocycles. The van der Waals surface area contributed by atoms with E-state index in [2.05, 4.69) is 6.07 Å². The van der Waals surface area contributed by atoms with Gasteiger partial charge in [0.05, 0.1) is 12.2 Å². The number of hydrogen-bond acceptors (Lipinski definition) is 4.